The van der Waals surface area contributed by atoms with E-state index in [1.54, 1.807) is 4.57 Å². The van der Waals surface area contributed by atoms with Gasteiger partial charge >= 0.3 is 11.8 Å². The van der Waals surface area contributed by atoms with E-state index >= 15 is 0 Å². The molecule has 0 saturated carbocycles. The minimum Gasteiger partial charge on any atom is -0.422 e. The van der Waals surface area contributed by atoms with Crippen molar-refractivity contribution in [3.63, 3.8) is 0 Å². The third-order valence-corrected chi connectivity index (χ3v) is 5.63. The Kier molecular flexibility index (Phi) is 4.00. The second-order valence-electron chi connectivity index (χ2n) is 7.01. The summed E-state index contributed by atoms with van der Waals surface area (Å²) >= 11 is 0. The van der Waals surface area contributed by atoms with E-state index in [-0.39, 0.29) is 11.9 Å². The molecule has 0 aliphatic carbocycles. The number of nitrogens with zero attached hydrogens (tertiary/aromatic N) is 6. The van der Waals surface area contributed by atoms with Crippen molar-refractivity contribution in [3.8, 4) is 12.1 Å². The van der Waals surface area contributed by atoms with Crippen LogP contribution in [0, 0.1) is 21.4 Å². The molecule has 0 radical (unpaired) electrons. The molecule has 140 valence electrons. The number of aromatic nitrogens is 2. The molecule has 2 aromatic rings. The quantitative estimate of drug-likeness (QED) is 0.604. The molecule has 1 aromatic carbocycles. The maximum atomic E-state index is 10.9. The molecular weight excluding hydrogens is 348 g/mol. The van der Waals surface area contributed by atoms with Gasteiger partial charge < -0.3 is 19.8 Å². The van der Waals surface area contributed by atoms with Crippen LogP contribution in [0.4, 0.5) is 11.5 Å². The summed E-state index contributed by atoms with van der Waals surface area (Å²) in [6, 6.07) is 9.95. The number of nitriles is 1. The minimum atomic E-state index is -0.589. The maximum absolute atomic E-state index is 10.9. The van der Waals surface area contributed by atoms with E-state index in [1.807, 2.05) is 38.1 Å². The highest BCUT2D eigenvalue weighted by Gasteiger charge is 2.50. The van der Waals surface area contributed by atoms with Crippen LogP contribution in [0.5, 0.6) is 6.01 Å². The lowest BCUT2D eigenvalue weighted by molar-refractivity contribution is -0.389. The first-order valence-electron chi connectivity index (χ1n) is 8.85. The number of rotatable bonds is 3. The van der Waals surface area contributed by atoms with Crippen molar-refractivity contribution >= 4 is 11.5 Å². The van der Waals surface area contributed by atoms with E-state index in [2.05, 4.69) is 20.9 Å². The summed E-state index contributed by atoms with van der Waals surface area (Å²) in [6.07, 6.45) is 1.44. The lowest BCUT2D eigenvalue weighted by Crippen LogP contribution is -2.59. The summed E-state index contributed by atoms with van der Waals surface area (Å²) in [4.78, 5) is 19.0. The van der Waals surface area contributed by atoms with Gasteiger partial charge in [0.15, 0.2) is 5.72 Å². The van der Waals surface area contributed by atoms with Gasteiger partial charge in [0.25, 0.3) is 0 Å². The zero-order valence-corrected chi connectivity index (χ0v) is 15.2. The molecule has 0 spiro atoms. The maximum Gasteiger partial charge on any atom is 0.416 e. The Morgan fingerprint density at radius 3 is 2.52 bits per heavy atom. The van der Waals surface area contributed by atoms with Crippen molar-refractivity contribution in [3.05, 3.63) is 46.1 Å². The smallest absolute Gasteiger partial charge is 0.416 e. The normalized spacial score (nSPS) is 24.9. The van der Waals surface area contributed by atoms with Crippen LogP contribution >= 0.6 is 0 Å². The van der Waals surface area contributed by atoms with E-state index in [4.69, 9.17) is 10.00 Å². The average molecular weight is 368 g/mol. The van der Waals surface area contributed by atoms with Gasteiger partial charge in [-0.15, -0.1) is 0 Å². The molecule has 2 atom stereocenters. The van der Waals surface area contributed by atoms with Crippen LogP contribution in [0.2, 0.25) is 0 Å². The molecule has 0 bridgehead atoms. The van der Waals surface area contributed by atoms with Gasteiger partial charge in [-0.3, -0.25) is 9.47 Å². The van der Waals surface area contributed by atoms with Gasteiger partial charge in [0.05, 0.1) is 17.7 Å². The predicted molar refractivity (Wildman–Crippen MR) is 97.6 cm³/mol. The van der Waals surface area contributed by atoms with Crippen molar-refractivity contribution in [1.82, 2.24) is 14.5 Å². The lowest BCUT2D eigenvalue weighted by Gasteiger charge is -2.44. The zero-order valence-electron chi connectivity index (χ0n) is 15.2. The number of nitro groups is 1. The first-order chi connectivity index (χ1) is 12.9. The fourth-order valence-electron chi connectivity index (χ4n) is 3.82. The molecule has 9 heteroatoms. The highest BCUT2D eigenvalue weighted by Crippen LogP contribution is 2.42. The molecule has 1 saturated heterocycles. The van der Waals surface area contributed by atoms with Gasteiger partial charge in [-0.2, -0.15) is 5.26 Å². The molecule has 3 heterocycles. The molecule has 2 unspecified atom stereocenters. The molecule has 1 aromatic heterocycles. The molecular formula is C18H20N6O3. The first kappa shape index (κ1) is 17.3. The molecule has 2 aliphatic rings. The summed E-state index contributed by atoms with van der Waals surface area (Å²) in [5.74, 6) is -0.190. The second kappa shape index (κ2) is 6.25. The molecule has 1 fully saturated rings. The fraction of sp³-hybridized carbons (Fsp3) is 0.444. The first-order valence-corrected chi connectivity index (χ1v) is 8.85. The predicted octanol–water partition coefficient (Wildman–Crippen LogP) is 2.15. The van der Waals surface area contributed by atoms with Crippen molar-refractivity contribution in [2.45, 2.75) is 25.6 Å². The highest BCUT2D eigenvalue weighted by atomic mass is 16.6. The number of ether oxygens (including phenoxy) is 1. The summed E-state index contributed by atoms with van der Waals surface area (Å²) in [7, 11) is 0. The highest BCUT2D eigenvalue weighted by molar-refractivity contribution is 5.50. The van der Waals surface area contributed by atoms with Crippen LogP contribution in [0.15, 0.2) is 30.5 Å². The van der Waals surface area contributed by atoms with E-state index in [1.165, 1.54) is 6.20 Å². The summed E-state index contributed by atoms with van der Waals surface area (Å²) in [5.41, 5.74) is 1.16. The molecule has 9 nitrogen and oxygen atoms in total. The van der Waals surface area contributed by atoms with E-state index in [9.17, 15) is 10.1 Å². The lowest BCUT2D eigenvalue weighted by atomic mass is 10.0. The van der Waals surface area contributed by atoms with E-state index in [0.717, 1.165) is 31.9 Å². The number of imidazole rings is 1. The van der Waals surface area contributed by atoms with Gasteiger partial charge in [0.2, 0.25) is 0 Å². The molecule has 4 rings (SSSR count). The largest absolute Gasteiger partial charge is 0.422 e. The van der Waals surface area contributed by atoms with Crippen molar-refractivity contribution in [2.24, 2.45) is 0 Å². The number of anilines is 1. The van der Waals surface area contributed by atoms with Crippen LogP contribution in [0.25, 0.3) is 0 Å². The summed E-state index contributed by atoms with van der Waals surface area (Å²) < 4.78 is 7.81. The third-order valence-electron chi connectivity index (χ3n) is 5.63. The minimum absolute atomic E-state index is 0.0878. The van der Waals surface area contributed by atoms with Gasteiger partial charge in [0.1, 0.15) is 6.20 Å². The van der Waals surface area contributed by atoms with Gasteiger partial charge in [-0.05, 0) is 43.0 Å². The van der Waals surface area contributed by atoms with Gasteiger partial charge in [0, 0.05) is 36.9 Å². The molecule has 0 N–H and O–H groups in total. The van der Waals surface area contributed by atoms with Gasteiger partial charge in [-0.25, -0.2) is 0 Å². The molecule has 27 heavy (non-hydrogen) atoms. The second-order valence-corrected chi connectivity index (χ2v) is 7.01. The Morgan fingerprint density at radius 1 is 1.30 bits per heavy atom. The summed E-state index contributed by atoms with van der Waals surface area (Å²) in [5, 5.41) is 19.9. The van der Waals surface area contributed by atoms with Crippen molar-refractivity contribution < 1.29 is 9.66 Å². The van der Waals surface area contributed by atoms with Crippen LogP contribution in [-0.4, -0.2) is 51.3 Å². The average Bonchev–Trinajstić information content (AvgIpc) is 3.20. The number of hydrogen-bond donors (Lipinski definition) is 0. The zero-order chi connectivity index (χ0) is 19.2. The van der Waals surface area contributed by atoms with Gasteiger partial charge in [-0.1, -0.05) is 0 Å². The Bertz CT molecular complexity index is 910. The fourth-order valence-corrected chi connectivity index (χ4v) is 3.82. The monoisotopic (exact) mass is 368 g/mol. The molecule has 2 aliphatic heterocycles. The van der Waals surface area contributed by atoms with Crippen LogP contribution in [-0.2, 0) is 0 Å². The number of piperazine rings is 1. The van der Waals surface area contributed by atoms with E-state index in [0.29, 0.717) is 11.6 Å². The van der Waals surface area contributed by atoms with E-state index < -0.39 is 10.6 Å². The Hall–Kier alpha value is -3.12. The summed E-state index contributed by atoms with van der Waals surface area (Å²) in [6.45, 7) is 7.27. The topological polar surface area (TPSA) is 100 Å². The van der Waals surface area contributed by atoms with Crippen LogP contribution in [0.1, 0.15) is 25.5 Å². The van der Waals surface area contributed by atoms with Crippen molar-refractivity contribution in [2.75, 3.05) is 31.1 Å². The number of benzene rings is 1. The number of hydrogen-bond acceptors (Lipinski definition) is 7. The Morgan fingerprint density at radius 2 is 1.96 bits per heavy atom. The van der Waals surface area contributed by atoms with Crippen LogP contribution < -0.4 is 9.64 Å². The third kappa shape index (κ3) is 2.78. The van der Waals surface area contributed by atoms with Crippen molar-refractivity contribution in [1.29, 1.82) is 5.26 Å². The standard InChI is InChI=1S/C18H20N6O3/c1-13-18(2,27-17-20-16(24(25)26)12-23(13)17)22-9-7-21(8-10-22)15-5-3-14(11-19)4-6-15/h3-6,12-13H,7-10H2,1-2H3. The van der Waals surface area contributed by atoms with Crippen LogP contribution in [0.3, 0.4) is 0 Å². The SMILES string of the molecule is CC1n2cc([N+](=O)[O-])nc2OC1(C)N1CCN(c2ccc(C#N)cc2)CC1. The Labute approximate surface area is 156 Å². The molecule has 0 amide bonds. The Balaban J connectivity index is 1.45. The number of fused-ring (bicyclic) bond motifs is 1.